The molecule has 0 bridgehead atoms. The lowest BCUT2D eigenvalue weighted by Crippen LogP contribution is -2.20. The van der Waals surface area contributed by atoms with Crippen molar-refractivity contribution in [2.24, 2.45) is 0 Å². The number of halogens is 4. The van der Waals surface area contributed by atoms with Crippen LogP contribution in [0.1, 0.15) is 17.3 Å². The molecule has 0 spiro atoms. The van der Waals surface area contributed by atoms with E-state index in [1.807, 2.05) is 0 Å². The highest BCUT2D eigenvalue weighted by Gasteiger charge is 2.28. The molecule has 0 fully saturated rings. The Morgan fingerprint density at radius 1 is 1.15 bits per heavy atom. The van der Waals surface area contributed by atoms with Crippen LogP contribution in [0.5, 0.6) is 5.88 Å². The number of hydrogen-bond donors (Lipinski definition) is 2. The maximum Gasteiger partial charge on any atom is 0.422 e. The molecule has 0 aliphatic rings. The highest BCUT2D eigenvalue weighted by atomic mass is 19.4. The van der Waals surface area contributed by atoms with E-state index in [2.05, 4.69) is 20.4 Å². The van der Waals surface area contributed by atoms with Gasteiger partial charge in [0.1, 0.15) is 5.82 Å². The molecule has 1 heterocycles. The fraction of sp³-hybridized carbons (Fsp3) is 0.188. The van der Waals surface area contributed by atoms with Crippen LogP contribution in [0.4, 0.5) is 28.9 Å². The lowest BCUT2D eigenvalue weighted by Gasteiger charge is -2.10. The zero-order valence-electron chi connectivity index (χ0n) is 13.4. The van der Waals surface area contributed by atoms with Crippen molar-refractivity contribution in [1.82, 2.24) is 4.98 Å². The summed E-state index contributed by atoms with van der Waals surface area (Å²) in [5.74, 6) is -2.14. The van der Waals surface area contributed by atoms with Crippen LogP contribution >= 0.6 is 0 Å². The van der Waals surface area contributed by atoms with E-state index in [0.29, 0.717) is 0 Å². The quantitative estimate of drug-likeness (QED) is 0.790. The molecular weight excluding hydrogens is 358 g/mol. The second kappa shape index (κ2) is 7.81. The Morgan fingerprint density at radius 3 is 2.46 bits per heavy atom. The number of aromatic nitrogens is 1. The first-order valence-electron chi connectivity index (χ1n) is 7.18. The lowest BCUT2D eigenvalue weighted by atomic mass is 10.2. The Morgan fingerprint density at radius 2 is 1.88 bits per heavy atom. The minimum Gasteiger partial charge on any atom is -0.468 e. The van der Waals surface area contributed by atoms with Crippen LogP contribution in [0.15, 0.2) is 36.5 Å². The standard InChI is InChI=1S/C16H13F4N3O3/c1-9(24)22-11-3-4-12(17)13(6-11)23-15(25)10-2-5-14(21-7-10)26-8-16(18,19)20/h2-7H,8H2,1H3,(H,22,24)(H,23,25). The molecule has 6 nitrogen and oxygen atoms in total. The second-order valence-corrected chi connectivity index (χ2v) is 5.12. The normalized spacial score (nSPS) is 11.0. The largest absolute Gasteiger partial charge is 0.468 e. The number of anilines is 2. The van der Waals surface area contributed by atoms with Gasteiger partial charge in [-0.05, 0) is 24.3 Å². The molecule has 0 aliphatic carbocycles. The van der Waals surface area contributed by atoms with Gasteiger partial charge in [0.2, 0.25) is 11.8 Å². The van der Waals surface area contributed by atoms with Crippen molar-refractivity contribution >= 4 is 23.2 Å². The minimum absolute atomic E-state index is 0.0197. The number of carbonyl (C=O) groups excluding carboxylic acids is 2. The fourth-order valence-electron chi connectivity index (χ4n) is 1.85. The molecule has 1 aromatic carbocycles. The van der Waals surface area contributed by atoms with E-state index in [-0.39, 0.29) is 28.7 Å². The third-order valence-corrected chi connectivity index (χ3v) is 2.92. The van der Waals surface area contributed by atoms with Gasteiger partial charge in [-0.2, -0.15) is 13.2 Å². The molecule has 2 N–H and O–H groups in total. The molecule has 0 aliphatic heterocycles. The zero-order valence-corrected chi connectivity index (χ0v) is 13.4. The van der Waals surface area contributed by atoms with E-state index < -0.39 is 24.5 Å². The molecule has 0 radical (unpaired) electrons. The van der Waals surface area contributed by atoms with Crippen molar-refractivity contribution in [1.29, 1.82) is 0 Å². The first kappa shape index (κ1) is 19.2. The molecular formula is C16H13F4N3O3. The Hall–Kier alpha value is -3.17. The van der Waals surface area contributed by atoms with Gasteiger partial charge in [-0.1, -0.05) is 0 Å². The molecule has 2 amide bonds. The van der Waals surface area contributed by atoms with Crippen molar-refractivity contribution in [3.63, 3.8) is 0 Å². The number of pyridine rings is 1. The molecule has 26 heavy (non-hydrogen) atoms. The molecule has 10 heteroatoms. The Kier molecular flexibility index (Phi) is 5.75. The summed E-state index contributed by atoms with van der Waals surface area (Å²) < 4.78 is 54.4. The summed E-state index contributed by atoms with van der Waals surface area (Å²) in [6.07, 6.45) is -3.51. The number of nitrogens with zero attached hydrogens (tertiary/aromatic N) is 1. The van der Waals surface area contributed by atoms with Crippen LogP contribution in [0.2, 0.25) is 0 Å². The van der Waals surface area contributed by atoms with Crippen LogP contribution in [0.3, 0.4) is 0 Å². The highest BCUT2D eigenvalue weighted by Crippen LogP contribution is 2.21. The first-order chi connectivity index (χ1) is 12.1. The Balaban J connectivity index is 2.06. The lowest BCUT2D eigenvalue weighted by molar-refractivity contribution is -0.154. The van der Waals surface area contributed by atoms with Gasteiger partial charge in [0.05, 0.1) is 11.3 Å². The number of alkyl halides is 3. The third-order valence-electron chi connectivity index (χ3n) is 2.92. The smallest absolute Gasteiger partial charge is 0.422 e. The molecule has 0 saturated heterocycles. The topological polar surface area (TPSA) is 80.3 Å². The number of ether oxygens (including phenoxy) is 1. The van der Waals surface area contributed by atoms with Gasteiger partial charge >= 0.3 is 6.18 Å². The summed E-state index contributed by atoms with van der Waals surface area (Å²) in [5.41, 5.74) is 0.0792. The van der Waals surface area contributed by atoms with E-state index in [1.54, 1.807) is 0 Å². The number of rotatable bonds is 5. The molecule has 1 aromatic heterocycles. The van der Waals surface area contributed by atoms with Gasteiger partial charge in [0, 0.05) is 24.9 Å². The third kappa shape index (κ3) is 5.72. The van der Waals surface area contributed by atoms with Crippen LogP contribution in [0, 0.1) is 5.82 Å². The molecule has 0 saturated carbocycles. The molecule has 2 aromatic rings. The van der Waals surface area contributed by atoms with E-state index in [9.17, 15) is 27.2 Å². The van der Waals surface area contributed by atoms with Crippen molar-refractivity contribution in [3.8, 4) is 5.88 Å². The summed E-state index contributed by atoms with van der Waals surface area (Å²) in [4.78, 5) is 26.7. The second-order valence-electron chi connectivity index (χ2n) is 5.12. The van der Waals surface area contributed by atoms with Crippen LogP contribution < -0.4 is 15.4 Å². The summed E-state index contributed by atoms with van der Waals surface area (Å²) >= 11 is 0. The van der Waals surface area contributed by atoms with Crippen molar-refractivity contribution in [2.75, 3.05) is 17.2 Å². The average Bonchev–Trinajstić information content (AvgIpc) is 2.55. The monoisotopic (exact) mass is 371 g/mol. The molecule has 138 valence electrons. The van der Waals surface area contributed by atoms with E-state index in [4.69, 9.17) is 0 Å². The van der Waals surface area contributed by atoms with E-state index in [0.717, 1.165) is 18.3 Å². The maximum atomic E-state index is 13.8. The molecule has 2 rings (SSSR count). The van der Waals surface area contributed by atoms with E-state index >= 15 is 0 Å². The van der Waals surface area contributed by atoms with Gasteiger partial charge in [-0.3, -0.25) is 9.59 Å². The van der Waals surface area contributed by atoms with Crippen molar-refractivity contribution in [3.05, 3.63) is 47.9 Å². The van der Waals surface area contributed by atoms with Crippen LogP contribution in [-0.2, 0) is 4.79 Å². The van der Waals surface area contributed by atoms with Crippen LogP contribution in [0.25, 0.3) is 0 Å². The number of nitrogens with one attached hydrogen (secondary N) is 2. The average molecular weight is 371 g/mol. The highest BCUT2D eigenvalue weighted by molar-refractivity contribution is 6.04. The van der Waals surface area contributed by atoms with Gasteiger partial charge in [-0.15, -0.1) is 0 Å². The van der Waals surface area contributed by atoms with Crippen LogP contribution in [-0.4, -0.2) is 29.6 Å². The number of benzene rings is 1. The van der Waals surface area contributed by atoms with E-state index in [1.165, 1.54) is 25.1 Å². The van der Waals surface area contributed by atoms with Gasteiger partial charge in [0.25, 0.3) is 5.91 Å². The van der Waals surface area contributed by atoms with Crippen molar-refractivity contribution in [2.45, 2.75) is 13.1 Å². The summed E-state index contributed by atoms with van der Waals surface area (Å²) in [6.45, 7) is -0.234. The summed E-state index contributed by atoms with van der Waals surface area (Å²) in [7, 11) is 0. The summed E-state index contributed by atoms with van der Waals surface area (Å²) in [6, 6.07) is 5.88. The Bertz CT molecular complexity index is 807. The number of amides is 2. The SMILES string of the molecule is CC(=O)Nc1ccc(F)c(NC(=O)c2ccc(OCC(F)(F)F)nc2)c1. The summed E-state index contributed by atoms with van der Waals surface area (Å²) in [5, 5.41) is 4.73. The predicted molar refractivity (Wildman–Crippen MR) is 84.4 cm³/mol. The van der Waals surface area contributed by atoms with Crippen molar-refractivity contribution < 1.29 is 31.9 Å². The maximum absolute atomic E-state index is 13.8. The first-order valence-corrected chi connectivity index (χ1v) is 7.18. The fourth-order valence-corrected chi connectivity index (χ4v) is 1.85. The predicted octanol–water partition coefficient (Wildman–Crippen LogP) is 3.37. The molecule has 0 atom stereocenters. The minimum atomic E-state index is -4.51. The Labute approximate surface area is 145 Å². The zero-order chi connectivity index (χ0) is 19.3. The van der Waals surface area contributed by atoms with Gasteiger partial charge in [0.15, 0.2) is 6.61 Å². The number of hydrogen-bond acceptors (Lipinski definition) is 4. The van der Waals surface area contributed by atoms with Gasteiger partial charge in [-0.25, -0.2) is 9.37 Å². The number of carbonyl (C=O) groups is 2. The molecule has 0 unspecified atom stereocenters. The van der Waals surface area contributed by atoms with Gasteiger partial charge < -0.3 is 15.4 Å².